The first-order chi connectivity index (χ1) is 11.9. The Bertz CT molecular complexity index is 1000. The Hall–Kier alpha value is -1.97. The summed E-state index contributed by atoms with van der Waals surface area (Å²) in [6.07, 6.45) is 0. The summed E-state index contributed by atoms with van der Waals surface area (Å²) in [5.41, 5.74) is 2.02. The van der Waals surface area contributed by atoms with Gasteiger partial charge in [0.1, 0.15) is 15.7 Å². The summed E-state index contributed by atoms with van der Waals surface area (Å²) in [7, 11) is -2.43. The lowest BCUT2D eigenvalue weighted by Crippen LogP contribution is -2.14. The number of hydrogen-bond donors (Lipinski definition) is 1. The molecule has 0 aliphatic heterocycles. The summed E-state index contributed by atoms with van der Waals surface area (Å²) in [6, 6.07) is 12.5. The highest BCUT2D eigenvalue weighted by molar-refractivity contribution is 9.10. The van der Waals surface area contributed by atoms with Gasteiger partial charge in [0.15, 0.2) is 0 Å². The monoisotopic (exact) mass is 439 g/mol. The number of nitrogens with zero attached hydrogens (tertiary/aromatic N) is 2. The average Bonchev–Trinajstić information content (AvgIpc) is 3.03. The van der Waals surface area contributed by atoms with Crippen molar-refractivity contribution in [2.75, 3.05) is 11.8 Å². The number of hydrogen-bond acceptors (Lipinski definition) is 6. The first-order valence-corrected chi connectivity index (χ1v) is 10.3. The topological polar surface area (TPSA) is 81.2 Å². The van der Waals surface area contributed by atoms with E-state index in [0.29, 0.717) is 9.48 Å². The predicted molar refractivity (Wildman–Crippen MR) is 102 cm³/mol. The number of methoxy groups -OCH3 is 1. The molecule has 3 aromatic rings. The molecule has 0 saturated heterocycles. The van der Waals surface area contributed by atoms with Gasteiger partial charge in [0.25, 0.3) is 10.0 Å². The van der Waals surface area contributed by atoms with Crippen molar-refractivity contribution >= 4 is 42.4 Å². The summed E-state index contributed by atoms with van der Waals surface area (Å²) >= 11 is 4.44. The zero-order valence-corrected chi connectivity index (χ0v) is 16.6. The lowest BCUT2D eigenvalue weighted by Gasteiger charge is -2.10. The molecule has 0 radical (unpaired) electrons. The molecule has 9 heteroatoms. The Balaban J connectivity index is 1.90. The highest BCUT2D eigenvalue weighted by atomic mass is 79.9. The largest absolute Gasteiger partial charge is 0.495 e. The molecule has 0 spiro atoms. The van der Waals surface area contributed by atoms with Crippen molar-refractivity contribution in [3.63, 3.8) is 0 Å². The molecule has 1 N–H and O–H groups in total. The van der Waals surface area contributed by atoms with Gasteiger partial charge >= 0.3 is 0 Å². The van der Waals surface area contributed by atoms with Gasteiger partial charge < -0.3 is 4.74 Å². The van der Waals surface area contributed by atoms with E-state index in [9.17, 15) is 8.42 Å². The number of sulfonamides is 1. The van der Waals surface area contributed by atoms with E-state index in [1.807, 2.05) is 31.2 Å². The number of aromatic nitrogens is 2. The van der Waals surface area contributed by atoms with Gasteiger partial charge in [-0.1, -0.05) is 57.1 Å². The molecule has 0 bridgehead atoms. The number of benzene rings is 2. The SMILES string of the molecule is COc1ccc(Br)cc1S(=O)(=O)Nc1nnc(-c2ccc(C)cc2)s1. The first-order valence-electron chi connectivity index (χ1n) is 7.16. The van der Waals surface area contributed by atoms with E-state index in [-0.39, 0.29) is 15.8 Å². The maximum atomic E-state index is 12.7. The molecule has 3 rings (SSSR count). The zero-order valence-electron chi connectivity index (χ0n) is 13.4. The van der Waals surface area contributed by atoms with Crippen LogP contribution in [0, 0.1) is 6.92 Å². The molecule has 0 amide bonds. The third-order valence-electron chi connectivity index (χ3n) is 3.36. The van der Waals surface area contributed by atoms with Crippen LogP contribution in [0.25, 0.3) is 10.6 Å². The third-order valence-corrected chi connectivity index (χ3v) is 6.23. The molecule has 0 unspecified atom stereocenters. The Morgan fingerprint density at radius 1 is 1.12 bits per heavy atom. The quantitative estimate of drug-likeness (QED) is 0.647. The van der Waals surface area contributed by atoms with E-state index in [1.165, 1.54) is 24.5 Å². The molecule has 0 fully saturated rings. The van der Waals surface area contributed by atoms with Gasteiger partial charge in [-0.05, 0) is 25.1 Å². The van der Waals surface area contributed by atoms with Crippen LogP contribution in [-0.2, 0) is 10.0 Å². The zero-order chi connectivity index (χ0) is 18.0. The van der Waals surface area contributed by atoms with Crippen molar-refractivity contribution < 1.29 is 13.2 Å². The van der Waals surface area contributed by atoms with Crippen LogP contribution >= 0.6 is 27.3 Å². The van der Waals surface area contributed by atoms with E-state index in [2.05, 4.69) is 30.8 Å². The Labute approximate surface area is 158 Å². The lowest BCUT2D eigenvalue weighted by molar-refractivity contribution is 0.403. The van der Waals surface area contributed by atoms with Gasteiger partial charge in [-0.15, -0.1) is 10.2 Å². The normalized spacial score (nSPS) is 11.3. The fourth-order valence-corrected chi connectivity index (χ4v) is 4.80. The van der Waals surface area contributed by atoms with Crippen molar-refractivity contribution in [3.05, 3.63) is 52.5 Å². The van der Waals surface area contributed by atoms with E-state index >= 15 is 0 Å². The Morgan fingerprint density at radius 3 is 2.52 bits per heavy atom. The fraction of sp³-hybridized carbons (Fsp3) is 0.125. The minimum absolute atomic E-state index is 0.0245. The van der Waals surface area contributed by atoms with Crippen molar-refractivity contribution in [3.8, 4) is 16.3 Å². The smallest absolute Gasteiger partial charge is 0.267 e. The van der Waals surface area contributed by atoms with Gasteiger partial charge in [0, 0.05) is 10.0 Å². The van der Waals surface area contributed by atoms with E-state index in [1.54, 1.807) is 12.1 Å². The van der Waals surface area contributed by atoms with Crippen molar-refractivity contribution in [2.24, 2.45) is 0 Å². The van der Waals surface area contributed by atoms with Gasteiger partial charge in [-0.3, -0.25) is 4.72 Å². The summed E-state index contributed by atoms with van der Waals surface area (Å²) in [6.45, 7) is 1.99. The second-order valence-corrected chi connectivity index (χ2v) is 8.72. The highest BCUT2D eigenvalue weighted by Gasteiger charge is 2.22. The molecule has 0 saturated carbocycles. The number of halogens is 1. The van der Waals surface area contributed by atoms with E-state index in [4.69, 9.17) is 4.74 Å². The van der Waals surface area contributed by atoms with Crippen LogP contribution in [0.3, 0.4) is 0 Å². The molecule has 1 heterocycles. The van der Waals surface area contributed by atoms with Gasteiger partial charge in [0.2, 0.25) is 5.13 Å². The van der Waals surface area contributed by atoms with Crippen molar-refractivity contribution in [1.82, 2.24) is 10.2 Å². The van der Waals surface area contributed by atoms with Gasteiger partial charge in [-0.2, -0.15) is 0 Å². The first kappa shape index (κ1) is 17.8. The van der Waals surface area contributed by atoms with Crippen molar-refractivity contribution in [1.29, 1.82) is 0 Å². The highest BCUT2D eigenvalue weighted by Crippen LogP contribution is 2.31. The number of aryl methyl sites for hydroxylation is 1. The van der Waals surface area contributed by atoms with E-state index in [0.717, 1.165) is 11.1 Å². The summed E-state index contributed by atoms with van der Waals surface area (Å²) in [5.74, 6) is 0.249. The van der Waals surface area contributed by atoms with Crippen LogP contribution in [0.5, 0.6) is 5.75 Å². The van der Waals surface area contributed by atoms with Crippen LogP contribution < -0.4 is 9.46 Å². The summed E-state index contributed by atoms with van der Waals surface area (Å²) < 4.78 is 33.5. The predicted octanol–water partition coefficient (Wildman–Crippen LogP) is 4.09. The van der Waals surface area contributed by atoms with Gasteiger partial charge in [0.05, 0.1) is 7.11 Å². The summed E-state index contributed by atoms with van der Waals surface area (Å²) in [4.78, 5) is 0.0245. The summed E-state index contributed by atoms with van der Waals surface area (Å²) in [5, 5.41) is 8.81. The minimum atomic E-state index is -3.85. The molecule has 130 valence electrons. The average molecular weight is 440 g/mol. The number of anilines is 1. The van der Waals surface area contributed by atoms with Crippen LogP contribution in [0.1, 0.15) is 5.56 Å². The molecular weight excluding hydrogens is 426 g/mol. The molecule has 6 nitrogen and oxygen atoms in total. The molecular formula is C16H14BrN3O3S2. The fourth-order valence-electron chi connectivity index (χ4n) is 2.11. The molecule has 0 atom stereocenters. The van der Waals surface area contributed by atoms with Crippen LogP contribution in [0.15, 0.2) is 51.8 Å². The van der Waals surface area contributed by atoms with Crippen LogP contribution in [-0.4, -0.2) is 25.7 Å². The number of nitrogens with one attached hydrogen (secondary N) is 1. The molecule has 2 aromatic carbocycles. The second-order valence-electron chi connectivity index (χ2n) is 5.18. The number of rotatable bonds is 5. The number of ether oxygens (including phenoxy) is 1. The Kier molecular flexibility index (Phi) is 5.07. The maximum Gasteiger partial charge on any atom is 0.267 e. The third kappa shape index (κ3) is 4.00. The standard InChI is InChI=1S/C16H14BrN3O3S2/c1-10-3-5-11(6-4-10)15-18-19-16(24-15)20-25(21,22)14-9-12(17)7-8-13(14)23-2/h3-9H,1-2H3,(H,19,20). The van der Waals surface area contributed by atoms with E-state index < -0.39 is 10.0 Å². The second kappa shape index (κ2) is 7.11. The molecule has 0 aliphatic carbocycles. The molecule has 25 heavy (non-hydrogen) atoms. The van der Waals surface area contributed by atoms with Crippen molar-refractivity contribution in [2.45, 2.75) is 11.8 Å². The van der Waals surface area contributed by atoms with Crippen LogP contribution in [0.2, 0.25) is 0 Å². The Morgan fingerprint density at radius 2 is 1.84 bits per heavy atom. The maximum absolute atomic E-state index is 12.7. The lowest BCUT2D eigenvalue weighted by atomic mass is 10.2. The molecule has 0 aliphatic rings. The minimum Gasteiger partial charge on any atom is -0.495 e. The van der Waals surface area contributed by atoms with Gasteiger partial charge in [-0.25, -0.2) is 8.42 Å². The van der Waals surface area contributed by atoms with Crippen LogP contribution in [0.4, 0.5) is 5.13 Å². The molecule has 1 aromatic heterocycles.